The fourth-order valence-corrected chi connectivity index (χ4v) is 1.77. The van der Waals surface area contributed by atoms with Crippen LogP contribution in [0.1, 0.15) is 19.4 Å². The molecular formula is C12H14O4. The van der Waals surface area contributed by atoms with E-state index < -0.39 is 5.41 Å². The minimum absolute atomic E-state index is 0.252. The number of carbonyl (C=O) groups excluding carboxylic acids is 1. The molecule has 2 rings (SSSR count). The SMILES string of the molecule is COc1cc2c(cc1OC)C(C)(C)C(=O)O2. The molecule has 0 unspecified atom stereocenters. The van der Waals surface area contributed by atoms with Crippen molar-refractivity contribution in [2.75, 3.05) is 14.2 Å². The predicted molar refractivity (Wildman–Crippen MR) is 58.2 cm³/mol. The lowest BCUT2D eigenvalue weighted by Gasteiger charge is -2.14. The summed E-state index contributed by atoms with van der Waals surface area (Å²) >= 11 is 0. The summed E-state index contributed by atoms with van der Waals surface area (Å²) in [6.07, 6.45) is 0. The van der Waals surface area contributed by atoms with Gasteiger partial charge in [0, 0.05) is 11.6 Å². The highest BCUT2D eigenvalue weighted by atomic mass is 16.5. The van der Waals surface area contributed by atoms with Crippen molar-refractivity contribution in [1.82, 2.24) is 0 Å². The second-order valence-corrected chi connectivity index (χ2v) is 4.22. The molecule has 0 saturated heterocycles. The molecule has 0 saturated carbocycles. The van der Waals surface area contributed by atoms with E-state index in [9.17, 15) is 4.79 Å². The van der Waals surface area contributed by atoms with E-state index in [-0.39, 0.29) is 5.97 Å². The zero-order valence-electron chi connectivity index (χ0n) is 9.79. The first-order chi connectivity index (χ1) is 7.50. The van der Waals surface area contributed by atoms with Gasteiger partial charge < -0.3 is 14.2 Å². The molecule has 1 aromatic carbocycles. The Bertz CT molecular complexity index is 449. The number of hydrogen-bond acceptors (Lipinski definition) is 4. The van der Waals surface area contributed by atoms with Crippen LogP contribution in [0.15, 0.2) is 12.1 Å². The lowest BCUT2D eigenvalue weighted by atomic mass is 9.86. The summed E-state index contributed by atoms with van der Waals surface area (Å²) in [5, 5.41) is 0. The summed E-state index contributed by atoms with van der Waals surface area (Å²) < 4.78 is 15.5. The maximum Gasteiger partial charge on any atom is 0.321 e. The fourth-order valence-electron chi connectivity index (χ4n) is 1.77. The molecule has 1 aliphatic rings. The van der Waals surface area contributed by atoms with E-state index in [0.717, 1.165) is 5.56 Å². The molecule has 0 aliphatic carbocycles. The van der Waals surface area contributed by atoms with E-state index in [2.05, 4.69) is 0 Å². The van der Waals surface area contributed by atoms with Gasteiger partial charge >= 0.3 is 5.97 Å². The lowest BCUT2D eigenvalue weighted by Crippen LogP contribution is -2.25. The van der Waals surface area contributed by atoms with Crippen molar-refractivity contribution >= 4 is 5.97 Å². The maximum absolute atomic E-state index is 11.6. The van der Waals surface area contributed by atoms with Gasteiger partial charge in [0.1, 0.15) is 5.75 Å². The number of rotatable bonds is 2. The Hall–Kier alpha value is -1.71. The topological polar surface area (TPSA) is 44.8 Å². The van der Waals surface area contributed by atoms with Gasteiger partial charge in [-0.05, 0) is 19.9 Å². The van der Waals surface area contributed by atoms with Gasteiger partial charge in [-0.2, -0.15) is 0 Å². The molecule has 0 amide bonds. The summed E-state index contributed by atoms with van der Waals surface area (Å²) in [5.74, 6) is 1.46. The minimum Gasteiger partial charge on any atom is -0.493 e. The molecule has 0 atom stereocenters. The van der Waals surface area contributed by atoms with Crippen LogP contribution in [0.3, 0.4) is 0 Å². The van der Waals surface area contributed by atoms with Crippen molar-refractivity contribution in [2.24, 2.45) is 0 Å². The molecule has 1 aromatic rings. The summed E-state index contributed by atoms with van der Waals surface area (Å²) in [5.41, 5.74) is 0.199. The molecule has 0 fully saturated rings. The van der Waals surface area contributed by atoms with Crippen molar-refractivity contribution in [2.45, 2.75) is 19.3 Å². The van der Waals surface area contributed by atoms with Crippen molar-refractivity contribution < 1.29 is 19.0 Å². The first kappa shape index (κ1) is 10.8. The lowest BCUT2D eigenvalue weighted by molar-refractivity contribution is -0.137. The first-order valence-electron chi connectivity index (χ1n) is 4.99. The second-order valence-electron chi connectivity index (χ2n) is 4.22. The summed E-state index contributed by atoms with van der Waals surface area (Å²) in [4.78, 5) is 11.6. The van der Waals surface area contributed by atoms with Crippen LogP contribution in [0.4, 0.5) is 0 Å². The quantitative estimate of drug-likeness (QED) is 0.566. The van der Waals surface area contributed by atoms with Crippen LogP contribution in [0.5, 0.6) is 17.2 Å². The zero-order valence-corrected chi connectivity index (χ0v) is 9.79. The predicted octanol–water partition coefficient (Wildman–Crippen LogP) is 1.90. The normalized spacial score (nSPS) is 16.6. The number of hydrogen-bond donors (Lipinski definition) is 0. The van der Waals surface area contributed by atoms with Gasteiger partial charge in [-0.25, -0.2) is 0 Å². The Morgan fingerprint density at radius 2 is 1.69 bits per heavy atom. The van der Waals surface area contributed by atoms with Crippen LogP contribution in [0.25, 0.3) is 0 Å². The molecule has 1 heterocycles. The number of fused-ring (bicyclic) bond motifs is 1. The first-order valence-corrected chi connectivity index (χ1v) is 4.99. The van der Waals surface area contributed by atoms with Crippen molar-refractivity contribution in [3.05, 3.63) is 17.7 Å². The molecule has 0 N–H and O–H groups in total. The highest BCUT2D eigenvalue weighted by Crippen LogP contribution is 2.45. The highest BCUT2D eigenvalue weighted by Gasteiger charge is 2.41. The average molecular weight is 222 g/mol. The molecular weight excluding hydrogens is 208 g/mol. The van der Waals surface area contributed by atoms with Crippen LogP contribution >= 0.6 is 0 Å². The largest absolute Gasteiger partial charge is 0.493 e. The number of esters is 1. The van der Waals surface area contributed by atoms with Gasteiger partial charge in [0.05, 0.1) is 19.6 Å². The van der Waals surface area contributed by atoms with Gasteiger partial charge in [-0.3, -0.25) is 4.79 Å². The molecule has 0 radical (unpaired) electrons. The zero-order chi connectivity index (χ0) is 11.9. The van der Waals surface area contributed by atoms with Gasteiger partial charge in [0.25, 0.3) is 0 Å². The van der Waals surface area contributed by atoms with Crippen LogP contribution in [-0.4, -0.2) is 20.2 Å². The van der Waals surface area contributed by atoms with E-state index in [4.69, 9.17) is 14.2 Å². The standard InChI is InChI=1S/C12H14O4/c1-12(2)7-5-9(14-3)10(15-4)6-8(7)16-11(12)13/h5-6H,1-4H3. The van der Waals surface area contributed by atoms with E-state index in [1.807, 2.05) is 13.8 Å². The van der Waals surface area contributed by atoms with Crippen molar-refractivity contribution in [3.8, 4) is 17.2 Å². The molecule has 4 nitrogen and oxygen atoms in total. The Balaban J connectivity index is 2.60. The molecule has 16 heavy (non-hydrogen) atoms. The van der Waals surface area contributed by atoms with Crippen LogP contribution in [0, 0.1) is 0 Å². The van der Waals surface area contributed by atoms with Crippen molar-refractivity contribution in [1.29, 1.82) is 0 Å². The van der Waals surface area contributed by atoms with Crippen molar-refractivity contribution in [3.63, 3.8) is 0 Å². The van der Waals surface area contributed by atoms with Gasteiger partial charge in [0.2, 0.25) is 0 Å². The van der Waals surface area contributed by atoms with E-state index >= 15 is 0 Å². The summed E-state index contributed by atoms with van der Waals surface area (Å²) in [6.45, 7) is 3.65. The fraction of sp³-hybridized carbons (Fsp3) is 0.417. The molecule has 0 aromatic heterocycles. The van der Waals surface area contributed by atoms with Gasteiger partial charge in [-0.1, -0.05) is 0 Å². The second kappa shape index (κ2) is 3.40. The Morgan fingerprint density at radius 1 is 1.12 bits per heavy atom. The van der Waals surface area contributed by atoms with E-state index in [1.165, 1.54) is 0 Å². The third-order valence-corrected chi connectivity index (χ3v) is 2.87. The third-order valence-electron chi connectivity index (χ3n) is 2.87. The molecule has 4 heteroatoms. The van der Waals surface area contributed by atoms with Crippen LogP contribution in [-0.2, 0) is 10.2 Å². The Morgan fingerprint density at radius 3 is 2.25 bits per heavy atom. The number of ether oxygens (including phenoxy) is 3. The van der Waals surface area contributed by atoms with Crippen LogP contribution in [0.2, 0.25) is 0 Å². The maximum atomic E-state index is 11.6. The molecule has 1 aliphatic heterocycles. The smallest absolute Gasteiger partial charge is 0.321 e. The number of benzene rings is 1. The summed E-state index contributed by atoms with van der Waals surface area (Å²) in [7, 11) is 3.11. The molecule has 0 spiro atoms. The number of carbonyl (C=O) groups is 1. The Labute approximate surface area is 94.1 Å². The molecule has 86 valence electrons. The average Bonchev–Trinajstić information content (AvgIpc) is 2.48. The number of methoxy groups -OCH3 is 2. The van der Waals surface area contributed by atoms with Gasteiger partial charge in [0.15, 0.2) is 11.5 Å². The van der Waals surface area contributed by atoms with E-state index in [1.54, 1.807) is 26.4 Å². The highest BCUT2D eigenvalue weighted by molar-refractivity contribution is 5.90. The van der Waals surface area contributed by atoms with E-state index in [0.29, 0.717) is 17.2 Å². The minimum atomic E-state index is -0.630. The van der Waals surface area contributed by atoms with Gasteiger partial charge in [-0.15, -0.1) is 0 Å². The monoisotopic (exact) mass is 222 g/mol. The Kier molecular flexibility index (Phi) is 2.30. The van der Waals surface area contributed by atoms with Crippen LogP contribution < -0.4 is 14.2 Å². The summed E-state index contributed by atoms with van der Waals surface area (Å²) in [6, 6.07) is 3.47. The third kappa shape index (κ3) is 1.33. The molecule has 0 bridgehead atoms.